The molecule has 150 valence electrons. The topological polar surface area (TPSA) is 41.9 Å². The van der Waals surface area contributed by atoms with Crippen molar-refractivity contribution >= 4 is 5.82 Å². The second-order valence-corrected chi connectivity index (χ2v) is 9.15. The van der Waals surface area contributed by atoms with Gasteiger partial charge in [0, 0.05) is 17.3 Å². The van der Waals surface area contributed by atoms with E-state index in [0.29, 0.717) is 12.1 Å². The van der Waals surface area contributed by atoms with E-state index in [1.807, 2.05) is 0 Å². The molecule has 3 aliphatic carbocycles. The molecule has 4 rings (SSSR count). The Hall–Kier alpha value is -1.45. The van der Waals surface area contributed by atoms with Crippen molar-refractivity contribution in [1.82, 2.24) is 15.1 Å². The molecule has 27 heavy (non-hydrogen) atoms. The Balaban J connectivity index is 1.44. The van der Waals surface area contributed by atoms with E-state index >= 15 is 0 Å². The number of aromatic nitrogens is 2. The van der Waals surface area contributed by atoms with Gasteiger partial charge in [-0.1, -0.05) is 45.1 Å². The first kappa shape index (κ1) is 18.9. The quantitative estimate of drug-likeness (QED) is 0.674. The van der Waals surface area contributed by atoms with Crippen LogP contribution < -0.4 is 10.6 Å². The maximum absolute atomic E-state index is 5.08. The zero-order chi connectivity index (χ0) is 18.6. The smallest absolute Gasteiger partial charge is 0.156 e. The summed E-state index contributed by atoms with van der Waals surface area (Å²) in [6.45, 7) is 6.60. The first-order valence-corrected chi connectivity index (χ1v) is 11.5. The summed E-state index contributed by atoms with van der Waals surface area (Å²) in [6.07, 6.45) is 18.5. The van der Waals surface area contributed by atoms with Crippen LogP contribution in [0.2, 0.25) is 0 Å². The highest BCUT2D eigenvalue weighted by Gasteiger charge is 2.26. The van der Waals surface area contributed by atoms with Gasteiger partial charge < -0.3 is 10.6 Å². The zero-order valence-corrected chi connectivity index (χ0v) is 17.2. The summed E-state index contributed by atoms with van der Waals surface area (Å²) in [5.74, 6) is 2.78. The van der Waals surface area contributed by atoms with Crippen LogP contribution in [0.4, 0.5) is 5.82 Å². The van der Waals surface area contributed by atoms with Gasteiger partial charge in [0.25, 0.3) is 0 Å². The van der Waals surface area contributed by atoms with Crippen molar-refractivity contribution in [3.05, 3.63) is 23.7 Å². The molecule has 3 aliphatic rings. The van der Waals surface area contributed by atoms with Gasteiger partial charge in [0.1, 0.15) is 0 Å². The lowest BCUT2D eigenvalue weighted by atomic mass is 9.84. The molecule has 0 bridgehead atoms. The number of nitrogens with zero attached hydrogens (tertiary/aromatic N) is 2. The van der Waals surface area contributed by atoms with Gasteiger partial charge in [0.2, 0.25) is 0 Å². The van der Waals surface area contributed by atoms with Crippen LogP contribution in [0.5, 0.6) is 0 Å². The molecule has 0 spiro atoms. The van der Waals surface area contributed by atoms with Crippen molar-refractivity contribution in [3.8, 4) is 0 Å². The van der Waals surface area contributed by atoms with Crippen molar-refractivity contribution < 1.29 is 0 Å². The molecule has 1 aromatic rings. The number of nitrogens with one attached hydrogen (secondary N) is 2. The molecule has 1 aromatic heterocycles. The lowest BCUT2D eigenvalue weighted by Gasteiger charge is -2.29. The number of anilines is 1. The van der Waals surface area contributed by atoms with Crippen molar-refractivity contribution in [2.24, 2.45) is 5.92 Å². The molecule has 0 radical (unpaired) electrons. The standard InChI is InChI=1S/C23H38N4/c1-17(19-11-5-3-6-12-19)24-18(2)25-23-21-15-9-10-16-22(21)27(26-23)20-13-7-4-8-14-20/h17,19-20,24H,2-16H2,1H3,(H,25,26). The van der Waals surface area contributed by atoms with E-state index in [2.05, 4.69) is 28.8 Å². The maximum Gasteiger partial charge on any atom is 0.156 e. The summed E-state index contributed by atoms with van der Waals surface area (Å²) in [4.78, 5) is 0. The highest BCUT2D eigenvalue weighted by atomic mass is 15.4. The predicted molar refractivity (Wildman–Crippen MR) is 113 cm³/mol. The monoisotopic (exact) mass is 370 g/mol. The van der Waals surface area contributed by atoms with E-state index in [1.54, 1.807) is 0 Å². The zero-order valence-electron chi connectivity index (χ0n) is 17.2. The molecule has 2 saturated carbocycles. The minimum atomic E-state index is 0.488. The first-order chi connectivity index (χ1) is 13.2. The summed E-state index contributed by atoms with van der Waals surface area (Å²) in [6, 6.07) is 1.10. The van der Waals surface area contributed by atoms with Crippen molar-refractivity contribution in [2.45, 2.75) is 109 Å². The third-order valence-corrected chi connectivity index (χ3v) is 7.16. The summed E-state index contributed by atoms with van der Waals surface area (Å²) in [5, 5.41) is 12.3. The van der Waals surface area contributed by atoms with Gasteiger partial charge in [-0.15, -0.1) is 0 Å². The Morgan fingerprint density at radius 1 is 0.963 bits per heavy atom. The van der Waals surface area contributed by atoms with Crippen LogP contribution in [0.15, 0.2) is 12.4 Å². The Morgan fingerprint density at radius 3 is 2.37 bits per heavy atom. The van der Waals surface area contributed by atoms with Gasteiger partial charge in [-0.25, -0.2) is 0 Å². The number of hydrogen-bond acceptors (Lipinski definition) is 3. The van der Waals surface area contributed by atoms with Crippen molar-refractivity contribution in [1.29, 1.82) is 0 Å². The second-order valence-electron chi connectivity index (χ2n) is 9.15. The fourth-order valence-corrected chi connectivity index (χ4v) is 5.56. The SMILES string of the molecule is C=C(Nc1nn(C2CCCCC2)c2c1CCCC2)NC(C)C1CCCCC1. The van der Waals surface area contributed by atoms with E-state index in [1.165, 1.54) is 94.7 Å². The Bertz CT molecular complexity index is 635. The van der Waals surface area contributed by atoms with Crippen molar-refractivity contribution in [2.75, 3.05) is 5.32 Å². The molecule has 1 heterocycles. The van der Waals surface area contributed by atoms with Gasteiger partial charge in [-0.05, 0) is 64.2 Å². The molecular weight excluding hydrogens is 332 g/mol. The van der Waals surface area contributed by atoms with Crippen LogP contribution in [0.3, 0.4) is 0 Å². The maximum atomic E-state index is 5.08. The van der Waals surface area contributed by atoms with E-state index in [4.69, 9.17) is 5.10 Å². The van der Waals surface area contributed by atoms with Gasteiger partial charge in [0.15, 0.2) is 5.82 Å². The molecule has 2 N–H and O–H groups in total. The summed E-state index contributed by atoms with van der Waals surface area (Å²) >= 11 is 0. The number of rotatable bonds is 6. The van der Waals surface area contributed by atoms with Crippen LogP contribution in [-0.4, -0.2) is 15.8 Å². The molecule has 4 nitrogen and oxygen atoms in total. The number of fused-ring (bicyclic) bond motifs is 1. The van der Waals surface area contributed by atoms with Gasteiger partial charge in [-0.2, -0.15) is 5.10 Å². The van der Waals surface area contributed by atoms with Gasteiger partial charge >= 0.3 is 0 Å². The van der Waals surface area contributed by atoms with E-state index in [0.717, 1.165) is 24.0 Å². The summed E-state index contributed by atoms with van der Waals surface area (Å²) < 4.78 is 2.40. The molecule has 2 fully saturated rings. The molecule has 0 aliphatic heterocycles. The largest absolute Gasteiger partial charge is 0.369 e. The van der Waals surface area contributed by atoms with Crippen LogP contribution in [-0.2, 0) is 12.8 Å². The third-order valence-electron chi connectivity index (χ3n) is 7.16. The fourth-order valence-electron chi connectivity index (χ4n) is 5.56. The fraction of sp³-hybridized carbons (Fsp3) is 0.783. The molecular formula is C23H38N4. The summed E-state index contributed by atoms with van der Waals surface area (Å²) in [5.41, 5.74) is 2.96. The third kappa shape index (κ3) is 4.35. The lowest BCUT2D eigenvalue weighted by Crippen LogP contribution is -2.36. The van der Waals surface area contributed by atoms with Crippen LogP contribution in [0.1, 0.15) is 101 Å². The summed E-state index contributed by atoms with van der Waals surface area (Å²) in [7, 11) is 0. The molecule has 0 aromatic carbocycles. The van der Waals surface area contributed by atoms with Gasteiger partial charge in [0.05, 0.1) is 11.9 Å². The predicted octanol–water partition coefficient (Wildman–Crippen LogP) is 5.71. The van der Waals surface area contributed by atoms with Crippen molar-refractivity contribution in [3.63, 3.8) is 0 Å². The minimum Gasteiger partial charge on any atom is -0.369 e. The normalized spacial score (nSPS) is 22.9. The highest BCUT2D eigenvalue weighted by Crippen LogP contribution is 2.35. The highest BCUT2D eigenvalue weighted by molar-refractivity contribution is 5.51. The Kier molecular flexibility index (Phi) is 6.09. The van der Waals surface area contributed by atoms with E-state index in [-0.39, 0.29) is 0 Å². The van der Waals surface area contributed by atoms with Gasteiger partial charge in [-0.3, -0.25) is 4.68 Å². The average molecular weight is 371 g/mol. The van der Waals surface area contributed by atoms with Crippen LogP contribution in [0, 0.1) is 5.92 Å². The Labute approximate surface area is 165 Å². The Morgan fingerprint density at radius 2 is 1.63 bits per heavy atom. The molecule has 1 atom stereocenters. The average Bonchev–Trinajstić information content (AvgIpc) is 3.08. The van der Waals surface area contributed by atoms with Crippen LogP contribution in [0.25, 0.3) is 0 Å². The molecule has 1 unspecified atom stereocenters. The van der Waals surface area contributed by atoms with Crippen LogP contribution >= 0.6 is 0 Å². The molecule has 4 heteroatoms. The first-order valence-electron chi connectivity index (χ1n) is 11.5. The minimum absolute atomic E-state index is 0.488. The second kappa shape index (κ2) is 8.70. The molecule has 0 amide bonds. The molecule has 0 saturated heterocycles. The number of hydrogen-bond donors (Lipinski definition) is 2. The van der Waals surface area contributed by atoms with E-state index in [9.17, 15) is 0 Å². The van der Waals surface area contributed by atoms with E-state index < -0.39 is 0 Å². The lowest BCUT2D eigenvalue weighted by molar-refractivity contribution is 0.293.